The first-order valence-corrected chi connectivity index (χ1v) is 6.97. The maximum Gasteiger partial charge on any atom is 0.387 e. The van der Waals surface area contributed by atoms with Gasteiger partial charge in [-0.1, -0.05) is 0 Å². The largest absolute Gasteiger partial charge is 0.427 e. The highest BCUT2D eigenvalue weighted by Crippen LogP contribution is 2.52. The second-order valence-electron chi connectivity index (χ2n) is 5.81. The summed E-state index contributed by atoms with van der Waals surface area (Å²) >= 11 is 0. The van der Waals surface area contributed by atoms with Crippen LogP contribution in [0.25, 0.3) is 0 Å². The number of hydrogen-bond acceptors (Lipinski definition) is 4. The van der Waals surface area contributed by atoms with Gasteiger partial charge in [0.05, 0.1) is 4.92 Å². The van der Waals surface area contributed by atoms with Gasteiger partial charge in [0.25, 0.3) is 0 Å². The minimum atomic E-state index is -3.07. The van der Waals surface area contributed by atoms with Crippen LogP contribution in [-0.2, 0) is 0 Å². The molecule has 0 amide bonds. The predicted octanol–water partition coefficient (Wildman–Crippen LogP) is 3.58. The molecule has 0 aromatic heterocycles. The summed E-state index contributed by atoms with van der Waals surface area (Å²) in [6.07, 6.45) is 4.67. The third kappa shape index (κ3) is 2.91. The van der Waals surface area contributed by atoms with Crippen molar-refractivity contribution in [1.82, 2.24) is 0 Å². The Balaban J connectivity index is 1.86. The average molecular weight is 298 g/mol. The number of nitro benzene ring substituents is 1. The van der Waals surface area contributed by atoms with E-state index in [0.717, 1.165) is 19.5 Å². The lowest BCUT2D eigenvalue weighted by Crippen LogP contribution is -2.36. The monoisotopic (exact) mass is 298 g/mol. The lowest BCUT2D eigenvalue weighted by atomic mass is 9.94. The fraction of sp³-hybridized carbons (Fsp3) is 0.571. The summed E-state index contributed by atoms with van der Waals surface area (Å²) < 4.78 is 29.1. The molecular weight excluding hydrogens is 282 g/mol. The van der Waals surface area contributed by atoms with Crippen LogP contribution in [0.1, 0.15) is 25.7 Å². The Kier molecular flexibility index (Phi) is 3.43. The molecule has 1 aliphatic carbocycles. The molecule has 1 saturated heterocycles. The molecule has 1 spiro atoms. The maximum absolute atomic E-state index is 12.4. The smallest absolute Gasteiger partial charge is 0.387 e. The summed E-state index contributed by atoms with van der Waals surface area (Å²) in [7, 11) is 0. The van der Waals surface area contributed by atoms with Crippen molar-refractivity contribution >= 4 is 11.4 Å². The standard InChI is InChI=1S/C14H16F2N2O3/c15-13(16)21-12-8-10(2-3-11(12)18(19)20)17-7-1-4-14(9-17)5-6-14/h2-3,8,13H,1,4-7,9H2. The molecule has 1 aromatic carbocycles. The summed E-state index contributed by atoms with van der Waals surface area (Å²) in [6.45, 7) is -1.35. The van der Waals surface area contributed by atoms with Gasteiger partial charge in [-0.25, -0.2) is 0 Å². The zero-order valence-electron chi connectivity index (χ0n) is 11.4. The highest BCUT2D eigenvalue weighted by Gasteiger charge is 2.45. The lowest BCUT2D eigenvalue weighted by Gasteiger charge is -2.34. The van der Waals surface area contributed by atoms with Gasteiger partial charge in [-0.15, -0.1) is 0 Å². The fourth-order valence-corrected chi connectivity index (χ4v) is 3.05. The van der Waals surface area contributed by atoms with E-state index >= 15 is 0 Å². The van der Waals surface area contributed by atoms with E-state index in [1.165, 1.54) is 31.4 Å². The maximum atomic E-state index is 12.4. The summed E-state index contributed by atoms with van der Waals surface area (Å²) in [5.41, 5.74) is 0.656. The molecule has 0 unspecified atom stereocenters. The van der Waals surface area contributed by atoms with Crippen LogP contribution in [0.3, 0.4) is 0 Å². The van der Waals surface area contributed by atoms with Gasteiger partial charge in [-0.2, -0.15) is 8.78 Å². The van der Waals surface area contributed by atoms with Gasteiger partial charge in [-0.05, 0) is 37.2 Å². The molecule has 5 nitrogen and oxygen atoms in total. The molecule has 114 valence electrons. The van der Waals surface area contributed by atoms with Crippen LogP contribution in [-0.4, -0.2) is 24.6 Å². The average Bonchev–Trinajstić information content (AvgIpc) is 3.16. The Bertz CT molecular complexity index is 561. The van der Waals surface area contributed by atoms with E-state index in [-0.39, 0.29) is 5.75 Å². The highest BCUT2D eigenvalue weighted by atomic mass is 19.3. The number of alkyl halides is 2. The molecule has 3 rings (SSSR count). The van der Waals surface area contributed by atoms with E-state index in [1.807, 2.05) is 0 Å². The minimum absolute atomic E-state index is 0.372. The first-order valence-electron chi connectivity index (χ1n) is 6.97. The Morgan fingerprint density at radius 3 is 2.71 bits per heavy atom. The molecule has 0 bridgehead atoms. The quantitative estimate of drug-likeness (QED) is 0.630. The summed E-state index contributed by atoms with van der Waals surface area (Å²) in [4.78, 5) is 12.3. The molecule has 1 saturated carbocycles. The van der Waals surface area contributed by atoms with E-state index in [9.17, 15) is 18.9 Å². The number of hydrogen-bond donors (Lipinski definition) is 0. The summed E-state index contributed by atoms with van der Waals surface area (Å²) in [5.74, 6) is -0.372. The van der Waals surface area contributed by atoms with Crippen LogP contribution in [0.4, 0.5) is 20.2 Å². The van der Waals surface area contributed by atoms with E-state index in [2.05, 4.69) is 9.64 Å². The van der Waals surface area contributed by atoms with Gasteiger partial charge in [0.2, 0.25) is 5.75 Å². The molecule has 7 heteroatoms. The molecule has 2 fully saturated rings. The fourth-order valence-electron chi connectivity index (χ4n) is 3.05. The second kappa shape index (κ2) is 5.13. The number of piperidine rings is 1. The second-order valence-corrected chi connectivity index (χ2v) is 5.81. The molecular formula is C14H16F2N2O3. The Morgan fingerprint density at radius 1 is 1.33 bits per heavy atom. The highest BCUT2D eigenvalue weighted by molar-refractivity contribution is 5.59. The summed E-state index contributed by atoms with van der Waals surface area (Å²) in [6, 6.07) is 4.20. The van der Waals surface area contributed by atoms with Gasteiger partial charge >= 0.3 is 12.3 Å². The molecule has 0 N–H and O–H groups in total. The zero-order chi connectivity index (χ0) is 15.0. The van der Waals surface area contributed by atoms with Gasteiger partial charge in [0.15, 0.2) is 0 Å². The van der Waals surface area contributed by atoms with Crippen molar-refractivity contribution in [3.63, 3.8) is 0 Å². The number of rotatable bonds is 4. The Hall–Kier alpha value is -1.92. The van der Waals surface area contributed by atoms with Crippen molar-refractivity contribution in [3.05, 3.63) is 28.3 Å². The third-order valence-corrected chi connectivity index (χ3v) is 4.34. The molecule has 0 atom stereocenters. The van der Waals surface area contributed by atoms with Crippen LogP contribution in [0.5, 0.6) is 5.75 Å². The number of halogens is 2. The molecule has 1 aliphatic heterocycles. The van der Waals surface area contributed by atoms with Crippen LogP contribution in [0, 0.1) is 15.5 Å². The predicted molar refractivity (Wildman–Crippen MR) is 72.8 cm³/mol. The van der Waals surface area contributed by atoms with Gasteiger partial charge in [0, 0.05) is 30.9 Å². The summed E-state index contributed by atoms with van der Waals surface area (Å²) in [5, 5.41) is 10.9. The van der Waals surface area contributed by atoms with E-state index in [4.69, 9.17) is 0 Å². The van der Waals surface area contributed by atoms with Crippen molar-refractivity contribution in [3.8, 4) is 5.75 Å². The van der Waals surface area contributed by atoms with E-state index in [1.54, 1.807) is 6.07 Å². The molecule has 0 radical (unpaired) electrons. The molecule has 1 heterocycles. The molecule has 21 heavy (non-hydrogen) atoms. The lowest BCUT2D eigenvalue weighted by molar-refractivity contribution is -0.386. The van der Waals surface area contributed by atoms with E-state index in [0.29, 0.717) is 11.1 Å². The zero-order valence-corrected chi connectivity index (χ0v) is 11.4. The molecule has 2 aliphatic rings. The van der Waals surface area contributed by atoms with E-state index < -0.39 is 17.2 Å². The van der Waals surface area contributed by atoms with Crippen molar-refractivity contribution in [2.24, 2.45) is 5.41 Å². The van der Waals surface area contributed by atoms with Crippen LogP contribution in [0.15, 0.2) is 18.2 Å². The topological polar surface area (TPSA) is 55.6 Å². The van der Waals surface area contributed by atoms with Gasteiger partial charge in [-0.3, -0.25) is 10.1 Å². The first kappa shape index (κ1) is 14.0. The van der Waals surface area contributed by atoms with Crippen molar-refractivity contribution < 1.29 is 18.4 Å². The van der Waals surface area contributed by atoms with Crippen LogP contribution < -0.4 is 9.64 Å². The van der Waals surface area contributed by atoms with Crippen LogP contribution >= 0.6 is 0 Å². The van der Waals surface area contributed by atoms with Gasteiger partial charge < -0.3 is 9.64 Å². The van der Waals surface area contributed by atoms with Crippen molar-refractivity contribution in [2.45, 2.75) is 32.3 Å². The van der Waals surface area contributed by atoms with Crippen LogP contribution in [0.2, 0.25) is 0 Å². The van der Waals surface area contributed by atoms with Crippen molar-refractivity contribution in [2.75, 3.05) is 18.0 Å². The number of benzene rings is 1. The van der Waals surface area contributed by atoms with Crippen molar-refractivity contribution in [1.29, 1.82) is 0 Å². The minimum Gasteiger partial charge on any atom is -0.427 e. The Labute approximate surface area is 120 Å². The number of nitro groups is 1. The molecule has 1 aromatic rings. The number of nitrogens with zero attached hydrogens (tertiary/aromatic N) is 2. The third-order valence-electron chi connectivity index (χ3n) is 4.34. The number of anilines is 1. The van der Waals surface area contributed by atoms with Gasteiger partial charge in [0.1, 0.15) is 0 Å². The number of ether oxygens (including phenoxy) is 1. The normalized spacial score (nSPS) is 19.9. The SMILES string of the molecule is O=[N+]([O-])c1ccc(N2CCCC3(CC3)C2)cc1OC(F)F. The first-order chi connectivity index (χ1) is 9.99. The Morgan fingerprint density at radius 2 is 2.10 bits per heavy atom.